The van der Waals surface area contributed by atoms with Crippen molar-refractivity contribution < 1.29 is 9.50 Å². The Morgan fingerprint density at radius 3 is 1.86 bits per heavy atom. The summed E-state index contributed by atoms with van der Waals surface area (Å²) >= 11 is 0. The molecule has 3 aliphatic rings. The summed E-state index contributed by atoms with van der Waals surface area (Å²) in [5, 5.41) is 9.96. The van der Waals surface area contributed by atoms with Gasteiger partial charge in [0.05, 0.1) is 5.60 Å². The first-order valence-electron chi connectivity index (χ1n) is 6.04. The third kappa shape index (κ3) is 1.39. The van der Waals surface area contributed by atoms with Gasteiger partial charge in [-0.3, -0.25) is 0 Å². The minimum Gasteiger partial charge on any atom is -0.390 e. The molecule has 3 fully saturated rings. The third-order valence-electron chi connectivity index (χ3n) is 4.65. The van der Waals surface area contributed by atoms with Crippen LogP contribution in [0.15, 0.2) is 0 Å². The van der Waals surface area contributed by atoms with Gasteiger partial charge in [-0.15, -0.1) is 0 Å². The third-order valence-corrected chi connectivity index (χ3v) is 4.65. The minimum atomic E-state index is -0.845. The summed E-state index contributed by atoms with van der Waals surface area (Å²) in [6.07, 6.45) is 7.39. The molecule has 0 heterocycles. The highest BCUT2D eigenvalue weighted by atomic mass is 19.1. The molecule has 0 spiro atoms. The Labute approximate surface area is 84.7 Å². The minimum absolute atomic E-state index is 0.370. The van der Waals surface area contributed by atoms with E-state index in [1.807, 2.05) is 0 Å². The summed E-state index contributed by atoms with van der Waals surface area (Å²) in [6, 6.07) is 0. The molecule has 3 saturated carbocycles. The average molecular weight is 198 g/mol. The summed E-state index contributed by atoms with van der Waals surface area (Å²) in [7, 11) is 0. The van der Waals surface area contributed by atoms with Crippen LogP contribution >= 0.6 is 0 Å². The van der Waals surface area contributed by atoms with Crippen LogP contribution < -0.4 is 0 Å². The second kappa shape index (κ2) is 2.72. The largest absolute Gasteiger partial charge is 0.390 e. The molecule has 0 bridgehead atoms. The van der Waals surface area contributed by atoms with Crippen molar-refractivity contribution >= 4 is 0 Å². The number of rotatable bonds is 2. The summed E-state index contributed by atoms with van der Waals surface area (Å²) in [5.41, 5.74) is -1.22. The zero-order chi connectivity index (χ0) is 9.81. The molecule has 0 amide bonds. The zero-order valence-electron chi connectivity index (χ0n) is 8.64. The van der Waals surface area contributed by atoms with Crippen molar-refractivity contribution in [2.45, 2.75) is 62.6 Å². The first kappa shape index (κ1) is 9.14. The normalized spacial score (nSPS) is 46.3. The average Bonchev–Trinajstić information content (AvgIpc) is 2.97. The Morgan fingerprint density at radius 1 is 0.857 bits per heavy atom. The molecule has 0 aromatic rings. The Bertz CT molecular complexity index is 235. The van der Waals surface area contributed by atoms with Crippen LogP contribution in [0.4, 0.5) is 4.39 Å². The highest BCUT2D eigenvalue weighted by Crippen LogP contribution is 2.55. The molecule has 80 valence electrons. The molecule has 0 unspecified atom stereocenters. The van der Waals surface area contributed by atoms with Crippen molar-refractivity contribution in [1.82, 2.24) is 0 Å². The van der Waals surface area contributed by atoms with E-state index < -0.39 is 5.67 Å². The van der Waals surface area contributed by atoms with Gasteiger partial charge in [-0.2, -0.15) is 0 Å². The first-order valence-corrected chi connectivity index (χ1v) is 6.04. The lowest BCUT2D eigenvalue weighted by atomic mass is 9.74. The van der Waals surface area contributed by atoms with Crippen molar-refractivity contribution in [3.05, 3.63) is 0 Å². The predicted octanol–water partition coefficient (Wildman–Crippen LogP) is 2.82. The molecule has 3 aliphatic carbocycles. The lowest BCUT2D eigenvalue weighted by molar-refractivity contribution is 0.00175. The van der Waals surface area contributed by atoms with Crippen LogP contribution in [-0.2, 0) is 0 Å². The smallest absolute Gasteiger partial charge is 0.113 e. The molecule has 0 aromatic heterocycles. The van der Waals surface area contributed by atoms with Gasteiger partial charge in [0.15, 0.2) is 0 Å². The zero-order valence-corrected chi connectivity index (χ0v) is 8.64. The maximum Gasteiger partial charge on any atom is 0.113 e. The molecule has 1 nitrogen and oxygen atoms in total. The standard InChI is InChI=1S/C12H19FO/c13-11(9-1-2-9)5-3-10(4-6-11)12(14)7-8-12/h9-10,14H,1-8H2. The second-order valence-corrected chi connectivity index (χ2v) is 5.69. The Morgan fingerprint density at radius 2 is 1.43 bits per heavy atom. The van der Waals surface area contributed by atoms with Gasteiger partial charge >= 0.3 is 0 Å². The Hall–Kier alpha value is -0.110. The van der Waals surface area contributed by atoms with Crippen LogP contribution in [0.1, 0.15) is 51.4 Å². The van der Waals surface area contributed by atoms with Crippen molar-refractivity contribution in [3.8, 4) is 0 Å². The van der Waals surface area contributed by atoms with Gasteiger partial charge in [-0.1, -0.05) is 0 Å². The monoisotopic (exact) mass is 198 g/mol. The van der Waals surface area contributed by atoms with E-state index in [1.165, 1.54) is 0 Å². The topological polar surface area (TPSA) is 20.2 Å². The van der Waals surface area contributed by atoms with Crippen LogP contribution in [0, 0.1) is 11.8 Å². The number of hydrogen-bond donors (Lipinski definition) is 1. The Kier molecular flexibility index (Phi) is 1.77. The van der Waals surface area contributed by atoms with Crippen LogP contribution in [0.25, 0.3) is 0 Å². The molecule has 2 heteroatoms. The fourth-order valence-corrected chi connectivity index (χ4v) is 3.18. The van der Waals surface area contributed by atoms with Crippen LogP contribution in [-0.4, -0.2) is 16.4 Å². The molecule has 0 aromatic carbocycles. The quantitative estimate of drug-likeness (QED) is 0.723. The summed E-state index contributed by atoms with van der Waals surface area (Å²) in [6.45, 7) is 0. The maximum atomic E-state index is 14.3. The van der Waals surface area contributed by atoms with Gasteiger partial charge in [-0.05, 0) is 63.2 Å². The second-order valence-electron chi connectivity index (χ2n) is 5.69. The fourth-order valence-electron chi connectivity index (χ4n) is 3.18. The van der Waals surface area contributed by atoms with Crippen molar-refractivity contribution in [2.75, 3.05) is 0 Å². The number of hydrogen-bond acceptors (Lipinski definition) is 1. The predicted molar refractivity (Wildman–Crippen MR) is 52.7 cm³/mol. The molecular formula is C12H19FO. The van der Waals surface area contributed by atoms with Gasteiger partial charge in [0, 0.05) is 0 Å². The van der Waals surface area contributed by atoms with Gasteiger partial charge in [0.25, 0.3) is 0 Å². The van der Waals surface area contributed by atoms with Crippen LogP contribution in [0.2, 0.25) is 0 Å². The fraction of sp³-hybridized carbons (Fsp3) is 1.00. The van der Waals surface area contributed by atoms with E-state index in [-0.39, 0.29) is 5.60 Å². The molecule has 0 saturated heterocycles. The van der Waals surface area contributed by atoms with Gasteiger partial charge in [0.2, 0.25) is 0 Å². The van der Waals surface area contributed by atoms with E-state index in [4.69, 9.17) is 0 Å². The number of aliphatic hydroxyl groups is 1. The van der Waals surface area contributed by atoms with Crippen LogP contribution in [0.5, 0.6) is 0 Å². The van der Waals surface area contributed by atoms with Gasteiger partial charge < -0.3 is 5.11 Å². The Balaban J connectivity index is 1.61. The highest BCUT2D eigenvalue weighted by Gasteiger charge is 2.53. The molecular weight excluding hydrogens is 179 g/mol. The van der Waals surface area contributed by atoms with Gasteiger partial charge in [-0.25, -0.2) is 4.39 Å². The van der Waals surface area contributed by atoms with E-state index in [1.54, 1.807) is 0 Å². The molecule has 1 N–H and O–H groups in total. The van der Waals surface area contributed by atoms with E-state index in [2.05, 4.69) is 0 Å². The van der Waals surface area contributed by atoms with Crippen LogP contribution in [0.3, 0.4) is 0 Å². The van der Waals surface area contributed by atoms with E-state index in [0.29, 0.717) is 24.7 Å². The number of alkyl halides is 1. The summed E-state index contributed by atoms with van der Waals surface area (Å²) in [5.74, 6) is 0.780. The SMILES string of the molecule is OC1(C2CCC(F)(C3CC3)CC2)CC1. The van der Waals surface area contributed by atoms with Crippen molar-refractivity contribution in [3.63, 3.8) is 0 Å². The van der Waals surface area contributed by atoms with Crippen molar-refractivity contribution in [2.24, 2.45) is 11.8 Å². The summed E-state index contributed by atoms with van der Waals surface area (Å²) in [4.78, 5) is 0. The summed E-state index contributed by atoms with van der Waals surface area (Å²) < 4.78 is 14.3. The molecule has 0 aliphatic heterocycles. The molecule has 0 radical (unpaired) electrons. The van der Waals surface area contributed by atoms with E-state index in [9.17, 15) is 9.50 Å². The molecule has 14 heavy (non-hydrogen) atoms. The van der Waals surface area contributed by atoms with E-state index >= 15 is 0 Å². The number of halogens is 1. The first-order chi connectivity index (χ1) is 6.62. The van der Waals surface area contributed by atoms with Gasteiger partial charge in [0.1, 0.15) is 5.67 Å². The molecule has 3 rings (SSSR count). The lowest BCUT2D eigenvalue weighted by Gasteiger charge is -2.36. The maximum absolute atomic E-state index is 14.3. The lowest BCUT2D eigenvalue weighted by Crippen LogP contribution is -2.36. The van der Waals surface area contributed by atoms with Crippen molar-refractivity contribution in [1.29, 1.82) is 0 Å². The molecule has 0 atom stereocenters. The van der Waals surface area contributed by atoms with E-state index in [0.717, 1.165) is 38.5 Å². The highest BCUT2D eigenvalue weighted by molar-refractivity contribution is 5.05.